The van der Waals surface area contributed by atoms with Gasteiger partial charge in [-0.25, -0.2) is 9.59 Å². The van der Waals surface area contributed by atoms with Gasteiger partial charge < -0.3 is 18.9 Å². The van der Waals surface area contributed by atoms with Gasteiger partial charge in [-0.15, -0.1) is 6.58 Å². The number of carbonyl (C=O) groups excluding carboxylic acids is 2. The highest BCUT2D eigenvalue weighted by atomic mass is 16.7. The van der Waals surface area contributed by atoms with E-state index in [0.717, 1.165) is 5.56 Å². The Bertz CT molecular complexity index is 692. The highest BCUT2D eigenvalue weighted by Crippen LogP contribution is 2.34. The molecule has 0 aromatic heterocycles. The molecule has 0 spiro atoms. The molecule has 0 bridgehead atoms. The molecule has 0 N–H and O–H groups in total. The number of hydrogen-bond acceptors (Lipinski definition) is 6. The van der Waals surface area contributed by atoms with E-state index in [1.165, 1.54) is 27.0 Å². The average Bonchev–Trinajstić information content (AvgIpc) is 2.49. The normalized spacial score (nSPS) is 16.1. The lowest BCUT2D eigenvalue weighted by atomic mass is 10.0. The van der Waals surface area contributed by atoms with Crippen LogP contribution in [0.4, 0.5) is 0 Å². The van der Waals surface area contributed by atoms with Crippen LogP contribution in [0.25, 0.3) is 6.08 Å². The highest BCUT2D eigenvalue weighted by molar-refractivity contribution is 6.18. The van der Waals surface area contributed by atoms with Gasteiger partial charge in [0, 0.05) is 19.4 Å². The van der Waals surface area contributed by atoms with Crippen LogP contribution >= 0.6 is 0 Å². The molecule has 1 aromatic rings. The largest absolute Gasteiger partial charge is 0.493 e. The summed E-state index contributed by atoms with van der Waals surface area (Å²) in [7, 11) is 3.05. The zero-order chi connectivity index (χ0) is 17.9. The van der Waals surface area contributed by atoms with Crippen LogP contribution in [0.2, 0.25) is 0 Å². The number of rotatable bonds is 5. The van der Waals surface area contributed by atoms with Crippen LogP contribution in [0, 0.1) is 0 Å². The van der Waals surface area contributed by atoms with Crippen LogP contribution in [0.15, 0.2) is 30.4 Å². The summed E-state index contributed by atoms with van der Waals surface area (Å²) in [5, 5.41) is 0. The first-order valence-corrected chi connectivity index (χ1v) is 7.35. The van der Waals surface area contributed by atoms with Crippen LogP contribution in [-0.4, -0.2) is 31.9 Å². The zero-order valence-corrected chi connectivity index (χ0v) is 14.2. The van der Waals surface area contributed by atoms with Gasteiger partial charge in [0.2, 0.25) is 0 Å². The Morgan fingerprint density at radius 1 is 1.12 bits per heavy atom. The second-order valence-electron chi connectivity index (χ2n) is 5.65. The molecule has 0 amide bonds. The molecular weight excluding hydrogens is 312 g/mol. The van der Waals surface area contributed by atoms with Gasteiger partial charge in [-0.1, -0.05) is 6.08 Å². The summed E-state index contributed by atoms with van der Waals surface area (Å²) in [6, 6.07) is 3.45. The van der Waals surface area contributed by atoms with Crippen LogP contribution in [0.3, 0.4) is 0 Å². The summed E-state index contributed by atoms with van der Waals surface area (Å²) in [5.74, 6) is -1.65. The fourth-order valence-corrected chi connectivity index (χ4v) is 2.40. The summed E-state index contributed by atoms with van der Waals surface area (Å²) in [6.07, 6.45) is 3.67. The minimum atomic E-state index is -1.27. The Morgan fingerprint density at radius 2 is 1.75 bits per heavy atom. The van der Waals surface area contributed by atoms with Gasteiger partial charge in [-0.2, -0.15) is 0 Å². The number of ether oxygens (including phenoxy) is 4. The van der Waals surface area contributed by atoms with Crippen LogP contribution in [-0.2, 0) is 25.5 Å². The summed E-state index contributed by atoms with van der Waals surface area (Å²) >= 11 is 0. The van der Waals surface area contributed by atoms with Gasteiger partial charge in [0.15, 0.2) is 11.5 Å². The molecule has 1 aliphatic heterocycles. The summed E-state index contributed by atoms with van der Waals surface area (Å²) < 4.78 is 20.8. The molecule has 0 radical (unpaired) electrons. The molecule has 6 heteroatoms. The van der Waals surface area contributed by atoms with E-state index in [-0.39, 0.29) is 5.57 Å². The molecule has 0 aliphatic carbocycles. The molecule has 6 nitrogen and oxygen atoms in total. The topological polar surface area (TPSA) is 71.1 Å². The molecule has 128 valence electrons. The summed E-state index contributed by atoms with van der Waals surface area (Å²) in [4.78, 5) is 24.1. The van der Waals surface area contributed by atoms with Gasteiger partial charge in [-0.05, 0) is 30.2 Å². The van der Waals surface area contributed by atoms with Gasteiger partial charge in [-0.3, -0.25) is 0 Å². The van der Waals surface area contributed by atoms with Gasteiger partial charge in [0.1, 0.15) is 5.57 Å². The summed E-state index contributed by atoms with van der Waals surface area (Å²) in [6.45, 7) is 6.71. The SMILES string of the molecule is C=CCc1cc(C=C2C(=O)OC(C)(C)OC2=O)cc(OC)c1OC. The molecule has 1 aliphatic rings. The number of methoxy groups -OCH3 is 2. The summed E-state index contributed by atoms with van der Waals surface area (Å²) in [5.41, 5.74) is 1.23. The van der Waals surface area contributed by atoms with E-state index < -0.39 is 17.7 Å². The standard InChI is InChI=1S/C18H20O6/c1-6-7-12-8-11(10-14(21-4)15(12)22-5)9-13-16(19)23-18(2,3)24-17(13)20/h6,8-10H,1,7H2,2-5H3. The Labute approximate surface area is 140 Å². The first-order chi connectivity index (χ1) is 11.3. The van der Waals surface area contributed by atoms with Gasteiger partial charge >= 0.3 is 11.9 Å². The lowest BCUT2D eigenvalue weighted by Gasteiger charge is -2.29. The van der Waals surface area contributed by atoms with E-state index in [1.54, 1.807) is 25.3 Å². The third-order valence-electron chi connectivity index (χ3n) is 3.37. The lowest BCUT2D eigenvalue weighted by Crippen LogP contribution is -2.41. The van der Waals surface area contributed by atoms with E-state index in [2.05, 4.69) is 6.58 Å². The average molecular weight is 332 g/mol. The smallest absolute Gasteiger partial charge is 0.348 e. The molecule has 0 atom stereocenters. The van der Waals surface area contributed by atoms with Gasteiger partial charge in [0.25, 0.3) is 5.79 Å². The Kier molecular flexibility index (Phi) is 4.97. The fraction of sp³-hybridized carbons (Fsp3) is 0.333. The fourth-order valence-electron chi connectivity index (χ4n) is 2.40. The zero-order valence-electron chi connectivity index (χ0n) is 14.2. The maximum Gasteiger partial charge on any atom is 0.348 e. The number of benzene rings is 1. The molecule has 2 rings (SSSR count). The number of esters is 2. The molecule has 24 heavy (non-hydrogen) atoms. The van der Waals surface area contributed by atoms with E-state index in [9.17, 15) is 9.59 Å². The van der Waals surface area contributed by atoms with Crippen molar-refractivity contribution >= 4 is 18.0 Å². The van der Waals surface area contributed by atoms with Crippen LogP contribution in [0.1, 0.15) is 25.0 Å². The van der Waals surface area contributed by atoms with Crippen molar-refractivity contribution in [2.45, 2.75) is 26.1 Å². The Hall–Kier alpha value is -2.76. The number of cyclic esters (lactones) is 2. The Morgan fingerprint density at radius 3 is 2.25 bits per heavy atom. The van der Waals surface area contributed by atoms with Crippen molar-refractivity contribution in [3.8, 4) is 11.5 Å². The minimum Gasteiger partial charge on any atom is -0.493 e. The highest BCUT2D eigenvalue weighted by Gasteiger charge is 2.38. The van der Waals surface area contributed by atoms with E-state index in [0.29, 0.717) is 23.5 Å². The molecule has 0 saturated carbocycles. The van der Waals surface area contributed by atoms with Crippen LogP contribution < -0.4 is 9.47 Å². The maximum atomic E-state index is 12.0. The van der Waals surface area contributed by atoms with E-state index in [4.69, 9.17) is 18.9 Å². The number of carbonyl (C=O) groups is 2. The molecule has 0 unspecified atom stereocenters. The number of allylic oxidation sites excluding steroid dienone is 1. The maximum absolute atomic E-state index is 12.0. The first kappa shape index (κ1) is 17.6. The minimum absolute atomic E-state index is 0.175. The molecule has 1 aromatic carbocycles. The predicted molar refractivity (Wildman–Crippen MR) is 87.7 cm³/mol. The third-order valence-corrected chi connectivity index (χ3v) is 3.37. The second-order valence-corrected chi connectivity index (χ2v) is 5.65. The monoisotopic (exact) mass is 332 g/mol. The van der Waals surface area contributed by atoms with Gasteiger partial charge in [0.05, 0.1) is 14.2 Å². The quantitative estimate of drug-likeness (QED) is 0.357. The van der Waals surface area contributed by atoms with Crippen molar-refractivity contribution in [1.82, 2.24) is 0 Å². The lowest BCUT2D eigenvalue weighted by molar-refractivity contribution is -0.222. The Balaban J connectivity index is 2.49. The van der Waals surface area contributed by atoms with Crippen molar-refractivity contribution in [2.75, 3.05) is 14.2 Å². The second kappa shape index (κ2) is 6.78. The molecule has 1 fully saturated rings. The first-order valence-electron chi connectivity index (χ1n) is 7.35. The van der Waals surface area contributed by atoms with Crippen molar-refractivity contribution in [1.29, 1.82) is 0 Å². The van der Waals surface area contributed by atoms with Crippen molar-refractivity contribution in [3.05, 3.63) is 41.5 Å². The van der Waals surface area contributed by atoms with E-state index in [1.807, 2.05) is 0 Å². The molecular formula is C18H20O6. The van der Waals surface area contributed by atoms with Crippen LogP contribution in [0.5, 0.6) is 11.5 Å². The number of hydrogen-bond donors (Lipinski definition) is 0. The van der Waals surface area contributed by atoms with Crippen molar-refractivity contribution in [3.63, 3.8) is 0 Å². The molecule has 1 heterocycles. The van der Waals surface area contributed by atoms with Crippen molar-refractivity contribution in [2.24, 2.45) is 0 Å². The third kappa shape index (κ3) is 3.59. The van der Waals surface area contributed by atoms with E-state index >= 15 is 0 Å². The van der Waals surface area contributed by atoms with Crippen molar-refractivity contribution < 1.29 is 28.5 Å². The predicted octanol–water partition coefficient (Wildman–Crippen LogP) is 2.65. The molecule has 1 saturated heterocycles.